The second-order valence-electron chi connectivity index (χ2n) is 3.96. The maximum atomic E-state index is 12.0. The van der Waals surface area contributed by atoms with Crippen molar-refractivity contribution in [3.8, 4) is 0 Å². The van der Waals surface area contributed by atoms with Crippen molar-refractivity contribution < 1.29 is 8.42 Å². The summed E-state index contributed by atoms with van der Waals surface area (Å²) < 4.78 is 27.9. The highest BCUT2D eigenvalue weighted by Crippen LogP contribution is 2.18. The fourth-order valence-corrected chi connectivity index (χ4v) is 3.58. The molecule has 0 bridgehead atoms. The van der Waals surface area contributed by atoms with Gasteiger partial charge in [0.25, 0.3) is 10.0 Å². The van der Waals surface area contributed by atoms with Crippen molar-refractivity contribution in [3.05, 3.63) is 27.6 Å². The van der Waals surface area contributed by atoms with Gasteiger partial charge in [0.15, 0.2) is 0 Å². The summed E-state index contributed by atoms with van der Waals surface area (Å²) in [6, 6.07) is 0. The number of nitrogens with zero attached hydrogens (tertiary/aromatic N) is 3. The fraction of sp³-hybridized carbons (Fsp3) is 0.400. The Bertz CT molecular complexity index is 678. The van der Waals surface area contributed by atoms with Crippen molar-refractivity contribution >= 4 is 33.0 Å². The highest BCUT2D eigenvalue weighted by atomic mass is 35.5. The molecule has 2 aromatic heterocycles. The first-order chi connectivity index (χ1) is 8.90. The van der Waals surface area contributed by atoms with Crippen molar-refractivity contribution in [3.63, 3.8) is 0 Å². The highest BCUT2D eigenvalue weighted by molar-refractivity contribution is 7.89. The largest absolute Gasteiger partial charge is 0.324 e. The monoisotopic (exact) mass is 320 g/mol. The van der Waals surface area contributed by atoms with E-state index < -0.39 is 10.0 Å². The molecule has 9 heteroatoms. The molecule has 0 amide bonds. The van der Waals surface area contributed by atoms with Gasteiger partial charge in [-0.05, 0) is 6.92 Å². The van der Waals surface area contributed by atoms with Gasteiger partial charge in [-0.15, -0.1) is 11.3 Å². The van der Waals surface area contributed by atoms with Crippen LogP contribution in [0.1, 0.15) is 10.7 Å². The SMILES string of the molecule is Cc1nc(CCNS(=O)(=O)c2ncn(C)c2Cl)cs1. The van der Waals surface area contributed by atoms with Crippen LogP contribution < -0.4 is 4.72 Å². The van der Waals surface area contributed by atoms with Gasteiger partial charge in [-0.25, -0.2) is 23.1 Å². The van der Waals surface area contributed by atoms with E-state index in [4.69, 9.17) is 11.6 Å². The first-order valence-electron chi connectivity index (χ1n) is 5.47. The van der Waals surface area contributed by atoms with E-state index in [-0.39, 0.29) is 16.7 Å². The lowest BCUT2D eigenvalue weighted by Gasteiger charge is -2.03. The average Bonchev–Trinajstić information content (AvgIpc) is 2.87. The molecule has 0 aliphatic rings. The van der Waals surface area contributed by atoms with Gasteiger partial charge >= 0.3 is 0 Å². The number of thiazole rings is 1. The fourth-order valence-electron chi connectivity index (χ4n) is 1.48. The zero-order valence-corrected chi connectivity index (χ0v) is 12.8. The van der Waals surface area contributed by atoms with Crippen LogP contribution >= 0.6 is 22.9 Å². The van der Waals surface area contributed by atoms with Crippen LogP contribution in [0.3, 0.4) is 0 Å². The lowest BCUT2D eigenvalue weighted by atomic mass is 10.3. The van der Waals surface area contributed by atoms with Crippen LogP contribution in [0, 0.1) is 6.92 Å². The molecular formula is C10H13ClN4O2S2. The van der Waals surface area contributed by atoms with Crippen molar-refractivity contribution in [2.75, 3.05) is 6.54 Å². The molecule has 0 atom stereocenters. The first kappa shape index (κ1) is 14.4. The molecule has 0 aliphatic heterocycles. The van der Waals surface area contributed by atoms with Gasteiger partial charge in [-0.2, -0.15) is 0 Å². The Morgan fingerprint density at radius 1 is 1.53 bits per heavy atom. The first-order valence-corrected chi connectivity index (χ1v) is 8.21. The maximum Gasteiger partial charge on any atom is 0.261 e. The molecule has 6 nitrogen and oxygen atoms in total. The van der Waals surface area contributed by atoms with Crippen molar-refractivity contribution in [2.24, 2.45) is 7.05 Å². The number of hydrogen-bond acceptors (Lipinski definition) is 5. The molecule has 0 aliphatic carbocycles. The third kappa shape index (κ3) is 3.33. The predicted octanol–water partition coefficient (Wildman–Crippen LogP) is 1.36. The van der Waals surface area contributed by atoms with E-state index in [1.807, 2.05) is 12.3 Å². The Morgan fingerprint density at radius 2 is 2.26 bits per heavy atom. The van der Waals surface area contributed by atoms with Crippen LogP contribution in [0.2, 0.25) is 5.15 Å². The molecule has 1 N–H and O–H groups in total. The Hall–Kier alpha value is -0.960. The van der Waals surface area contributed by atoms with E-state index >= 15 is 0 Å². The van der Waals surface area contributed by atoms with Gasteiger partial charge < -0.3 is 4.57 Å². The molecule has 19 heavy (non-hydrogen) atoms. The molecule has 0 saturated heterocycles. The quantitative estimate of drug-likeness (QED) is 0.902. The summed E-state index contributed by atoms with van der Waals surface area (Å²) in [5.74, 6) is 0. The molecule has 0 aromatic carbocycles. The van der Waals surface area contributed by atoms with Gasteiger partial charge in [0.05, 0.1) is 17.0 Å². The van der Waals surface area contributed by atoms with E-state index in [1.54, 1.807) is 7.05 Å². The van der Waals surface area contributed by atoms with Crippen molar-refractivity contribution in [2.45, 2.75) is 18.4 Å². The normalized spacial score (nSPS) is 11.9. The molecule has 2 heterocycles. The van der Waals surface area contributed by atoms with E-state index in [2.05, 4.69) is 14.7 Å². The number of imidazole rings is 1. The molecule has 104 valence electrons. The number of nitrogens with one attached hydrogen (secondary N) is 1. The molecule has 0 spiro atoms. The standard InChI is InChI=1S/C10H13ClN4O2S2/c1-7-14-8(5-18-7)3-4-13-19(16,17)10-9(11)15(2)6-12-10/h5-6,13H,3-4H2,1-2H3. The Labute approximate surface area is 120 Å². The van der Waals surface area contributed by atoms with Crippen LogP contribution in [0.15, 0.2) is 16.7 Å². The van der Waals surface area contributed by atoms with Crippen molar-refractivity contribution in [1.82, 2.24) is 19.3 Å². The summed E-state index contributed by atoms with van der Waals surface area (Å²) in [5.41, 5.74) is 0.873. The molecule has 2 rings (SSSR count). The summed E-state index contributed by atoms with van der Waals surface area (Å²) in [7, 11) is -2.04. The molecule has 0 unspecified atom stereocenters. The highest BCUT2D eigenvalue weighted by Gasteiger charge is 2.21. The van der Waals surface area contributed by atoms with Crippen molar-refractivity contribution in [1.29, 1.82) is 0 Å². The van der Waals surface area contributed by atoms with E-state index in [9.17, 15) is 8.42 Å². The molecule has 0 saturated carbocycles. The summed E-state index contributed by atoms with van der Waals surface area (Å²) >= 11 is 7.40. The topological polar surface area (TPSA) is 76.9 Å². The van der Waals surface area contributed by atoms with Gasteiger partial charge in [0, 0.05) is 25.4 Å². The molecule has 0 fully saturated rings. The van der Waals surface area contributed by atoms with E-state index in [0.29, 0.717) is 6.42 Å². The average molecular weight is 321 g/mol. The summed E-state index contributed by atoms with van der Waals surface area (Å²) in [6.07, 6.45) is 1.90. The lowest BCUT2D eigenvalue weighted by Crippen LogP contribution is -2.26. The van der Waals surface area contributed by atoms with Crippen LogP contribution in [0.4, 0.5) is 0 Å². The second-order valence-corrected chi connectivity index (χ2v) is 7.06. The van der Waals surface area contributed by atoms with Gasteiger partial charge in [-0.3, -0.25) is 0 Å². The van der Waals surface area contributed by atoms with Gasteiger partial charge in [0.1, 0.15) is 5.15 Å². The summed E-state index contributed by atoms with van der Waals surface area (Å²) in [6.45, 7) is 2.17. The smallest absolute Gasteiger partial charge is 0.261 e. The van der Waals surface area contributed by atoms with Crippen LogP contribution in [-0.2, 0) is 23.5 Å². The van der Waals surface area contributed by atoms with Gasteiger partial charge in [-0.1, -0.05) is 11.6 Å². The number of aromatic nitrogens is 3. The minimum absolute atomic E-state index is 0.0944. The second kappa shape index (κ2) is 5.58. The maximum absolute atomic E-state index is 12.0. The number of hydrogen-bond donors (Lipinski definition) is 1. The number of sulfonamides is 1. The van der Waals surface area contributed by atoms with Crippen LogP contribution in [0.5, 0.6) is 0 Å². The molecule has 0 radical (unpaired) electrons. The minimum Gasteiger partial charge on any atom is -0.324 e. The Kier molecular flexibility index (Phi) is 4.24. The minimum atomic E-state index is -3.67. The zero-order valence-electron chi connectivity index (χ0n) is 10.4. The molecular weight excluding hydrogens is 308 g/mol. The number of halogens is 1. The zero-order chi connectivity index (χ0) is 14.0. The molecule has 2 aromatic rings. The summed E-state index contributed by atoms with van der Waals surface area (Å²) in [4.78, 5) is 8.05. The Balaban J connectivity index is 2.00. The van der Waals surface area contributed by atoms with E-state index in [1.165, 1.54) is 22.2 Å². The third-order valence-corrected chi connectivity index (χ3v) is 5.20. The number of rotatable bonds is 5. The summed E-state index contributed by atoms with van der Waals surface area (Å²) in [5, 5.41) is 2.82. The predicted molar refractivity (Wildman–Crippen MR) is 74.0 cm³/mol. The van der Waals surface area contributed by atoms with Crippen LogP contribution in [0.25, 0.3) is 0 Å². The van der Waals surface area contributed by atoms with Crippen LogP contribution in [-0.4, -0.2) is 29.5 Å². The Morgan fingerprint density at radius 3 is 2.79 bits per heavy atom. The van der Waals surface area contributed by atoms with Gasteiger partial charge in [0.2, 0.25) is 5.03 Å². The van der Waals surface area contributed by atoms with E-state index in [0.717, 1.165) is 10.7 Å². The third-order valence-electron chi connectivity index (χ3n) is 2.43. The number of aryl methyl sites for hydroxylation is 2. The lowest BCUT2D eigenvalue weighted by molar-refractivity contribution is 0.578.